The van der Waals surface area contributed by atoms with Gasteiger partial charge in [-0.25, -0.2) is 9.59 Å². The van der Waals surface area contributed by atoms with Gasteiger partial charge in [0.25, 0.3) is 0 Å². The first-order valence-electron chi connectivity index (χ1n) is 12.5. The Balaban J connectivity index is 1.75. The number of amides is 2. The molecular formula is C27H40N2O5. The number of rotatable bonds is 4. The van der Waals surface area contributed by atoms with E-state index in [0.717, 1.165) is 19.3 Å². The molecule has 0 spiro atoms. The predicted molar refractivity (Wildman–Crippen MR) is 132 cm³/mol. The van der Waals surface area contributed by atoms with Crippen LogP contribution in [0.2, 0.25) is 0 Å². The molecule has 0 radical (unpaired) electrons. The standard InChI is InChI=1S/C27H40N2O5/c1-26(2,3)33-24(31)19-12-14-20(15-13-19)28-23(30)22-21(18-10-8-7-9-11-18)16-17-29(22)25(32)34-27(4,5)6/h12-15,18,21-22H,7-11,16-17H2,1-6H3,(H,28,30)/t21-,22+/m0/s1. The summed E-state index contributed by atoms with van der Waals surface area (Å²) >= 11 is 0. The van der Waals surface area contributed by atoms with Crippen LogP contribution in [0.15, 0.2) is 24.3 Å². The molecule has 2 aliphatic rings. The zero-order valence-electron chi connectivity index (χ0n) is 21.5. The number of ether oxygens (including phenoxy) is 2. The molecular weight excluding hydrogens is 432 g/mol. The molecule has 2 amide bonds. The molecule has 1 saturated carbocycles. The summed E-state index contributed by atoms with van der Waals surface area (Å²) < 4.78 is 11.0. The number of anilines is 1. The van der Waals surface area contributed by atoms with Crippen LogP contribution < -0.4 is 5.32 Å². The minimum absolute atomic E-state index is 0.119. The molecule has 1 N–H and O–H groups in total. The molecule has 3 rings (SSSR count). The number of hydrogen-bond acceptors (Lipinski definition) is 5. The Morgan fingerprint density at radius 3 is 2.00 bits per heavy atom. The summed E-state index contributed by atoms with van der Waals surface area (Å²) in [6.07, 6.45) is 6.15. The molecule has 2 fully saturated rings. The maximum atomic E-state index is 13.5. The summed E-state index contributed by atoms with van der Waals surface area (Å²) in [5.41, 5.74) is -0.204. The molecule has 1 aromatic carbocycles. The van der Waals surface area contributed by atoms with E-state index in [4.69, 9.17) is 9.47 Å². The summed E-state index contributed by atoms with van der Waals surface area (Å²) in [5.74, 6) is -0.0566. The minimum atomic E-state index is -0.626. The SMILES string of the molecule is CC(C)(C)OC(=O)c1ccc(NC(=O)[C@H]2[C@H](C3CCCCC3)CCN2C(=O)OC(C)(C)C)cc1. The van der Waals surface area contributed by atoms with Crippen LogP contribution in [-0.4, -0.2) is 46.7 Å². The lowest BCUT2D eigenvalue weighted by atomic mass is 9.76. The summed E-state index contributed by atoms with van der Waals surface area (Å²) in [5, 5.41) is 2.97. The van der Waals surface area contributed by atoms with Crippen LogP contribution in [0.1, 0.15) is 90.4 Å². The van der Waals surface area contributed by atoms with E-state index >= 15 is 0 Å². The largest absolute Gasteiger partial charge is 0.456 e. The number of carbonyl (C=O) groups is 3. The molecule has 34 heavy (non-hydrogen) atoms. The molecule has 0 unspecified atom stereocenters. The van der Waals surface area contributed by atoms with E-state index in [1.54, 1.807) is 29.2 Å². The molecule has 2 atom stereocenters. The molecule has 1 saturated heterocycles. The first kappa shape index (κ1) is 26.0. The molecule has 0 aromatic heterocycles. The summed E-state index contributed by atoms with van der Waals surface area (Å²) in [6, 6.07) is 6.10. The Hall–Kier alpha value is -2.57. The fraction of sp³-hybridized carbons (Fsp3) is 0.667. The number of carbonyl (C=O) groups excluding carboxylic acids is 3. The van der Waals surface area contributed by atoms with Gasteiger partial charge < -0.3 is 14.8 Å². The predicted octanol–water partition coefficient (Wildman–Crippen LogP) is 5.79. The van der Waals surface area contributed by atoms with Crippen LogP contribution in [0, 0.1) is 11.8 Å². The van der Waals surface area contributed by atoms with Crippen LogP contribution in [0.4, 0.5) is 10.5 Å². The van der Waals surface area contributed by atoms with Gasteiger partial charge in [0.2, 0.25) is 5.91 Å². The van der Waals surface area contributed by atoms with Gasteiger partial charge in [-0.1, -0.05) is 32.1 Å². The van der Waals surface area contributed by atoms with Crippen molar-refractivity contribution in [2.45, 2.75) is 97.3 Å². The molecule has 1 heterocycles. The van der Waals surface area contributed by atoms with Gasteiger partial charge in [-0.05, 0) is 84.1 Å². The topological polar surface area (TPSA) is 84.9 Å². The minimum Gasteiger partial charge on any atom is -0.456 e. The average Bonchev–Trinajstić information content (AvgIpc) is 3.18. The van der Waals surface area contributed by atoms with Crippen LogP contribution in [0.5, 0.6) is 0 Å². The molecule has 1 aliphatic carbocycles. The van der Waals surface area contributed by atoms with Crippen molar-refractivity contribution in [3.63, 3.8) is 0 Å². The quantitative estimate of drug-likeness (QED) is 0.561. The van der Waals surface area contributed by atoms with Crippen molar-refractivity contribution < 1.29 is 23.9 Å². The highest BCUT2D eigenvalue weighted by Crippen LogP contribution is 2.39. The summed E-state index contributed by atoms with van der Waals surface area (Å²) in [4.78, 5) is 40.4. The molecule has 1 aliphatic heterocycles. The van der Waals surface area contributed by atoms with Gasteiger partial charge in [0.1, 0.15) is 17.2 Å². The summed E-state index contributed by atoms with van der Waals surface area (Å²) in [6.45, 7) is 11.5. The van der Waals surface area contributed by atoms with Crippen LogP contribution >= 0.6 is 0 Å². The lowest BCUT2D eigenvalue weighted by Crippen LogP contribution is -2.49. The number of likely N-dealkylation sites (tertiary alicyclic amines) is 1. The molecule has 188 valence electrons. The Kier molecular flexibility index (Phi) is 7.94. The van der Waals surface area contributed by atoms with Crippen molar-refractivity contribution in [2.24, 2.45) is 11.8 Å². The monoisotopic (exact) mass is 472 g/mol. The van der Waals surface area contributed by atoms with Crippen molar-refractivity contribution >= 4 is 23.7 Å². The van der Waals surface area contributed by atoms with Crippen molar-refractivity contribution in [1.82, 2.24) is 4.90 Å². The van der Waals surface area contributed by atoms with Gasteiger partial charge in [-0.3, -0.25) is 9.69 Å². The number of nitrogens with one attached hydrogen (secondary N) is 1. The Labute approximate surface area is 203 Å². The van der Waals surface area contributed by atoms with Crippen molar-refractivity contribution in [3.8, 4) is 0 Å². The molecule has 1 aromatic rings. The number of esters is 1. The lowest BCUT2D eigenvalue weighted by molar-refractivity contribution is -0.122. The second kappa shape index (κ2) is 10.4. The number of benzene rings is 1. The van der Waals surface area contributed by atoms with Crippen LogP contribution in [0.25, 0.3) is 0 Å². The van der Waals surface area contributed by atoms with E-state index in [2.05, 4.69) is 5.32 Å². The third-order valence-electron chi connectivity index (χ3n) is 6.38. The van der Waals surface area contributed by atoms with Gasteiger partial charge in [-0.2, -0.15) is 0 Å². The maximum absolute atomic E-state index is 13.5. The number of nitrogens with zero attached hydrogens (tertiary/aromatic N) is 1. The van der Waals surface area contributed by atoms with Crippen molar-refractivity contribution in [3.05, 3.63) is 29.8 Å². The maximum Gasteiger partial charge on any atom is 0.410 e. The fourth-order valence-electron chi connectivity index (χ4n) is 4.98. The highest BCUT2D eigenvalue weighted by atomic mass is 16.6. The van der Waals surface area contributed by atoms with Crippen LogP contribution in [-0.2, 0) is 14.3 Å². The highest BCUT2D eigenvalue weighted by molar-refractivity contribution is 5.98. The Morgan fingerprint density at radius 2 is 1.44 bits per heavy atom. The van der Waals surface area contributed by atoms with Crippen molar-refractivity contribution in [2.75, 3.05) is 11.9 Å². The molecule has 7 nitrogen and oxygen atoms in total. The fourth-order valence-corrected chi connectivity index (χ4v) is 4.98. The van der Waals surface area contributed by atoms with E-state index in [0.29, 0.717) is 23.7 Å². The first-order chi connectivity index (χ1) is 15.8. The molecule has 7 heteroatoms. The second-order valence-electron chi connectivity index (χ2n) is 11.5. The summed E-state index contributed by atoms with van der Waals surface area (Å²) in [7, 11) is 0. The normalized spacial score (nSPS) is 21.8. The average molecular weight is 473 g/mol. The third kappa shape index (κ3) is 6.97. The number of hydrogen-bond donors (Lipinski definition) is 1. The second-order valence-corrected chi connectivity index (χ2v) is 11.5. The zero-order valence-corrected chi connectivity index (χ0v) is 21.5. The van der Waals surface area contributed by atoms with Gasteiger partial charge in [0.15, 0.2) is 0 Å². The van der Waals surface area contributed by atoms with E-state index in [1.807, 2.05) is 41.5 Å². The van der Waals surface area contributed by atoms with Gasteiger partial charge in [-0.15, -0.1) is 0 Å². The highest BCUT2D eigenvalue weighted by Gasteiger charge is 2.46. The van der Waals surface area contributed by atoms with E-state index in [9.17, 15) is 14.4 Å². The third-order valence-corrected chi connectivity index (χ3v) is 6.38. The zero-order chi connectivity index (χ0) is 25.1. The lowest BCUT2D eigenvalue weighted by Gasteiger charge is -2.34. The van der Waals surface area contributed by atoms with E-state index in [1.165, 1.54) is 19.3 Å². The molecule has 0 bridgehead atoms. The van der Waals surface area contributed by atoms with Crippen LogP contribution in [0.3, 0.4) is 0 Å². The Bertz CT molecular complexity index is 876. The Morgan fingerprint density at radius 1 is 0.853 bits per heavy atom. The van der Waals surface area contributed by atoms with Gasteiger partial charge in [0, 0.05) is 12.2 Å². The van der Waals surface area contributed by atoms with Crippen molar-refractivity contribution in [1.29, 1.82) is 0 Å². The smallest absolute Gasteiger partial charge is 0.410 e. The first-order valence-corrected chi connectivity index (χ1v) is 12.5. The van der Waals surface area contributed by atoms with Gasteiger partial charge >= 0.3 is 12.1 Å². The van der Waals surface area contributed by atoms with E-state index in [-0.39, 0.29) is 11.8 Å². The van der Waals surface area contributed by atoms with Gasteiger partial charge in [0.05, 0.1) is 5.56 Å². The van der Waals surface area contributed by atoms with E-state index < -0.39 is 29.3 Å².